The molecule has 0 fully saturated rings. The molecule has 4 rings (SSSR count). The summed E-state index contributed by atoms with van der Waals surface area (Å²) in [5.74, 6) is 0.866. The average Bonchev–Trinajstić information content (AvgIpc) is 3.08. The van der Waals surface area contributed by atoms with E-state index in [1.807, 2.05) is 42.5 Å². The van der Waals surface area contributed by atoms with Crippen molar-refractivity contribution >= 4 is 28.8 Å². The number of nitrogens with one attached hydrogen (secondary N) is 1. The van der Waals surface area contributed by atoms with E-state index in [1.54, 1.807) is 44.6 Å². The van der Waals surface area contributed by atoms with Gasteiger partial charge in [0.25, 0.3) is 11.8 Å². The third-order valence-corrected chi connectivity index (χ3v) is 5.62. The van der Waals surface area contributed by atoms with Gasteiger partial charge in [-0.3, -0.25) is 9.59 Å². The van der Waals surface area contributed by atoms with Crippen LogP contribution in [0.15, 0.2) is 78.5 Å². The largest absolute Gasteiger partial charge is 0.497 e. The molecule has 0 radical (unpaired) electrons. The predicted octanol–water partition coefficient (Wildman–Crippen LogP) is 5.22. The third-order valence-electron chi connectivity index (χ3n) is 5.62. The van der Waals surface area contributed by atoms with Crippen LogP contribution in [0, 0.1) is 0 Å². The first-order valence-electron chi connectivity index (χ1n) is 10.7. The van der Waals surface area contributed by atoms with Gasteiger partial charge < -0.3 is 14.8 Å². The lowest BCUT2D eigenvalue weighted by Gasteiger charge is -2.16. The van der Waals surface area contributed by atoms with Gasteiger partial charge in [-0.05, 0) is 53.4 Å². The highest BCUT2D eigenvalue weighted by Crippen LogP contribution is 2.35. The summed E-state index contributed by atoms with van der Waals surface area (Å²) in [6.45, 7) is 4.20. The van der Waals surface area contributed by atoms with Gasteiger partial charge in [-0.15, -0.1) is 0 Å². The Labute approximate surface area is 193 Å². The van der Waals surface area contributed by atoms with Gasteiger partial charge >= 0.3 is 0 Å². The maximum atomic E-state index is 13.6. The molecule has 3 aromatic carbocycles. The van der Waals surface area contributed by atoms with Crippen molar-refractivity contribution < 1.29 is 19.1 Å². The number of ether oxygens (including phenoxy) is 2. The lowest BCUT2D eigenvalue weighted by molar-refractivity contribution is -0.120. The summed E-state index contributed by atoms with van der Waals surface area (Å²) in [6, 6.07) is 21.8. The molecule has 0 spiro atoms. The van der Waals surface area contributed by atoms with Gasteiger partial charge in [-0.25, -0.2) is 4.90 Å². The Morgan fingerprint density at radius 1 is 0.788 bits per heavy atom. The first-order chi connectivity index (χ1) is 15.9. The molecule has 168 valence electrons. The summed E-state index contributed by atoms with van der Waals surface area (Å²) in [7, 11) is 3.16. The van der Waals surface area contributed by atoms with Gasteiger partial charge in [0.1, 0.15) is 17.2 Å². The minimum atomic E-state index is -0.411. The molecule has 0 atom stereocenters. The van der Waals surface area contributed by atoms with Gasteiger partial charge in [0.2, 0.25) is 0 Å². The molecular formula is C27H26N2O4. The van der Waals surface area contributed by atoms with Gasteiger partial charge in [-0.2, -0.15) is 0 Å². The van der Waals surface area contributed by atoms with E-state index in [4.69, 9.17) is 9.47 Å². The number of carbonyl (C=O) groups is 2. The van der Waals surface area contributed by atoms with E-state index in [-0.39, 0.29) is 11.6 Å². The summed E-state index contributed by atoms with van der Waals surface area (Å²) < 4.78 is 10.5. The van der Waals surface area contributed by atoms with E-state index in [0.29, 0.717) is 39.9 Å². The molecule has 6 nitrogen and oxygen atoms in total. The van der Waals surface area contributed by atoms with Crippen molar-refractivity contribution in [2.24, 2.45) is 0 Å². The second-order valence-corrected chi connectivity index (χ2v) is 8.03. The Morgan fingerprint density at radius 3 is 2.06 bits per heavy atom. The maximum Gasteiger partial charge on any atom is 0.282 e. The van der Waals surface area contributed by atoms with Crippen LogP contribution < -0.4 is 19.7 Å². The number of amides is 2. The molecule has 0 aliphatic carbocycles. The quantitative estimate of drug-likeness (QED) is 0.508. The molecule has 0 unspecified atom stereocenters. The van der Waals surface area contributed by atoms with Crippen LogP contribution in [0.3, 0.4) is 0 Å². The van der Waals surface area contributed by atoms with E-state index >= 15 is 0 Å². The number of methoxy groups -OCH3 is 2. The standard InChI is InChI=1S/C27H26N2O4/c1-17(2)18-8-12-21(13-9-18)29-26(30)24(19-10-14-22(32-3)15-11-19)25(27(29)31)28-20-6-5-7-23(16-20)33-4/h5-17,28H,1-4H3. The Hall–Kier alpha value is -4.06. The van der Waals surface area contributed by atoms with Crippen LogP contribution in [0.4, 0.5) is 11.4 Å². The number of hydrogen-bond donors (Lipinski definition) is 1. The molecule has 0 saturated heterocycles. The maximum absolute atomic E-state index is 13.6. The molecule has 1 aliphatic rings. The van der Waals surface area contributed by atoms with Crippen molar-refractivity contribution in [2.45, 2.75) is 19.8 Å². The van der Waals surface area contributed by atoms with E-state index in [0.717, 1.165) is 5.56 Å². The Balaban J connectivity index is 1.78. The predicted molar refractivity (Wildman–Crippen MR) is 130 cm³/mol. The fourth-order valence-corrected chi connectivity index (χ4v) is 3.76. The summed E-state index contributed by atoms with van der Waals surface area (Å²) in [5.41, 5.74) is 3.46. The van der Waals surface area contributed by atoms with Crippen molar-refractivity contribution in [2.75, 3.05) is 24.4 Å². The fourth-order valence-electron chi connectivity index (χ4n) is 3.76. The van der Waals surface area contributed by atoms with Crippen molar-refractivity contribution in [3.8, 4) is 11.5 Å². The lowest BCUT2D eigenvalue weighted by Crippen LogP contribution is -2.32. The minimum absolute atomic E-state index is 0.214. The Morgan fingerprint density at radius 2 is 1.45 bits per heavy atom. The van der Waals surface area contributed by atoms with Crippen molar-refractivity contribution in [3.05, 3.63) is 89.6 Å². The van der Waals surface area contributed by atoms with Crippen molar-refractivity contribution in [1.29, 1.82) is 0 Å². The SMILES string of the molecule is COc1ccc(C2=C(Nc3cccc(OC)c3)C(=O)N(c3ccc(C(C)C)cc3)C2=O)cc1. The molecule has 1 heterocycles. The van der Waals surface area contributed by atoms with E-state index < -0.39 is 5.91 Å². The zero-order valence-electron chi connectivity index (χ0n) is 19.1. The van der Waals surface area contributed by atoms with Gasteiger partial charge in [0.15, 0.2) is 0 Å². The molecule has 0 saturated carbocycles. The number of hydrogen-bond acceptors (Lipinski definition) is 5. The van der Waals surface area contributed by atoms with Crippen LogP contribution in [0.5, 0.6) is 11.5 Å². The first-order valence-corrected chi connectivity index (χ1v) is 10.7. The number of rotatable bonds is 7. The monoisotopic (exact) mass is 442 g/mol. The summed E-state index contributed by atoms with van der Waals surface area (Å²) in [6.07, 6.45) is 0. The zero-order valence-corrected chi connectivity index (χ0v) is 19.1. The molecule has 1 N–H and O–H groups in total. The number of anilines is 2. The van der Waals surface area contributed by atoms with Gasteiger partial charge in [0, 0.05) is 11.8 Å². The van der Waals surface area contributed by atoms with Crippen LogP contribution in [0.1, 0.15) is 30.9 Å². The second-order valence-electron chi connectivity index (χ2n) is 8.03. The first kappa shape index (κ1) is 22.1. The fraction of sp³-hybridized carbons (Fsp3) is 0.185. The summed E-state index contributed by atoms with van der Waals surface area (Å²) in [5, 5.41) is 3.16. The molecule has 33 heavy (non-hydrogen) atoms. The number of carbonyl (C=O) groups excluding carboxylic acids is 2. The molecule has 1 aliphatic heterocycles. The molecule has 0 bridgehead atoms. The molecule has 3 aromatic rings. The van der Waals surface area contributed by atoms with Crippen LogP contribution >= 0.6 is 0 Å². The number of imide groups is 1. The normalized spacial score (nSPS) is 13.7. The van der Waals surface area contributed by atoms with Crippen LogP contribution in [0.2, 0.25) is 0 Å². The molecule has 6 heteroatoms. The van der Waals surface area contributed by atoms with Crippen molar-refractivity contribution in [3.63, 3.8) is 0 Å². The van der Waals surface area contributed by atoms with Gasteiger partial charge in [0.05, 0.1) is 25.5 Å². The Bertz CT molecular complexity index is 1210. The van der Waals surface area contributed by atoms with E-state index in [1.165, 1.54) is 4.90 Å². The molecule has 0 aromatic heterocycles. The van der Waals surface area contributed by atoms with E-state index in [9.17, 15) is 9.59 Å². The number of benzene rings is 3. The Kier molecular flexibility index (Phi) is 6.18. The van der Waals surface area contributed by atoms with Crippen molar-refractivity contribution in [1.82, 2.24) is 0 Å². The molecular weight excluding hydrogens is 416 g/mol. The minimum Gasteiger partial charge on any atom is -0.497 e. The highest BCUT2D eigenvalue weighted by Gasteiger charge is 2.40. The lowest BCUT2D eigenvalue weighted by atomic mass is 10.0. The topological polar surface area (TPSA) is 67.9 Å². The summed E-state index contributed by atoms with van der Waals surface area (Å²) >= 11 is 0. The highest BCUT2D eigenvalue weighted by atomic mass is 16.5. The van der Waals surface area contributed by atoms with Crippen LogP contribution in [-0.2, 0) is 9.59 Å². The van der Waals surface area contributed by atoms with Crippen LogP contribution in [-0.4, -0.2) is 26.0 Å². The summed E-state index contributed by atoms with van der Waals surface area (Å²) in [4.78, 5) is 28.3. The second kappa shape index (κ2) is 9.20. The highest BCUT2D eigenvalue weighted by molar-refractivity contribution is 6.46. The zero-order chi connectivity index (χ0) is 23.5. The molecule has 2 amide bonds. The average molecular weight is 443 g/mol. The third kappa shape index (κ3) is 4.32. The van der Waals surface area contributed by atoms with E-state index in [2.05, 4.69) is 19.2 Å². The number of nitrogens with zero attached hydrogens (tertiary/aromatic N) is 1. The van der Waals surface area contributed by atoms with Crippen LogP contribution in [0.25, 0.3) is 5.57 Å². The van der Waals surface area contributed by atoms with Gasteiger partial charge in [-0.1, -0.05) is 44.2 Å². The smallest absolute Gasteiger partial charge is 0.282 e.